The summed E-state index contributed by atoms with van der Waals surface area (Å²) in [6.07, 6.45) is 2.58. The van der Waals surface area contributed by atoms with Crippen molar-refractivity contribution in [3.05, 3.63) is 0 Å². The van der Waals surface area contributed by atoms with Crippen molar-refractivity contribution in [2.45, 2.75) is 40.0 Å². The highest BCUT2D eigenvalue weighted by Gasteiger charge is 1.81. The van der Waals surface area contributed by atoms with Crippen molar-refractivity contribution in [2.75, 3.05) is 13.2 Å². The van der Waals surface area contributed by atoms with Crippen LogP contribution in [0.2, 0.25) is 0 Å². The van der Waals surface area contributed by atoms with Gasteiger partial charge in [-0.05, 0) is 19.3 Å². The number of carboxylic acids is 3. The van der Waals surface area contributed by atoms with Crippen LogP contribution in [-0.4, -0.2) is 56.7 Å². The van der Waals surface area contributed by atoms with Crippen LogP contribution in [0.3, 0.4) is 0 Å². The molecular formula is C11H24O8. The molecule has 0 saturated heterocycles. The van der Waals surface area contributed by atoms with E-state index in [9.17, 15) is 0 Å². The Kier molecular flexibility index (Phi) is 34.6. The lowest BCUT2D eigenvalue weighted by atomic mass is 10.2. The highest BCUT2D eigenvalue weighted by Crippen LogP contribution is 1.90. The van der Waals surface area contributed by atoms with Crippen molar-refractivity contribution in [1.82, 2.24) is 0 Å². The van der Waals surface area contributed by atoms with E-state index >= 15 is 0 Å². The molecule has 5 N–H and O–H groups in total. The molecule has 0 aliphatic carbocycles. The van der Waals surface area contributed by atoms with E-state index in [1.54, 1.807) is 0 Å². The quantitative estimate of drug-likeness (QED) is 0.465. The Morgan fingerprint density at radius 2 is 0.789 bits per heavy atom. The molecular weight excluding hydrogens is 260 g/mol. The van der Waals surface area contributed by atoms with Gasteiger partial charge in [-0.1, -0.05) is 0 Å². The van der Waals surface area contributed by atoms with Crippen LogP contribution in [0.5, 0.6) is 0 Å². The van der Waals surface area contributed by atoms with Crippen molar-refractivity contribution in [2.24, 2.45) is 0 Å². The Morgan fingerprint density at radius 1 is 0.632 bits per heavy atom. The number of aliphatic hydroxyl groups is 2. The molecule has 0 radical (unpaired) electrons. The van der Waals surface area contributed by atoms with Gasteiger partial charge in [0.05, 0.1) is 0 Å². The van der Waals surface area contributed by atoms with Gasteiger partial charge in [-0.2, -0.15) is 0 Å². The minimum atomic E-state index is -0.833. The van der Waals surface area contributed by atoms with Crippen LogP contribution in [0.25, 0.3) is 0 Å². The minimum Gasteiger partial charge on any atom is -0.481 e. The Hall–Kier alpha value is -1.67. The summed E-state index contributed by atoms with van der Waals surface area (Å²) < 4.78 is 0. The van der Waals surface area contributed by atoms with Crippen LogP contribution in [0, 0.1) is 0 Å². The van der Waals surface area contributed by atoms with Crippen LogP contribution in [0.1, 0.15) is 40.0 Å². The van der Waals surface area contributed by atoms with E-state index in [2.05, 4.69) is 0 Å². The molecule has 8 heteroatoms. The Bertz CT molecular complexity index is 170. The fraction of sp³-hybridized carbons (Fsp3) is 0.727. The molecule has 0 fully saturated rings. The van der Waals surface area contributed by atoms with Crippen molar-refractivity contribution in [3.8, 4) is 0 Å². The number of hydrogen-bond donors (Lipinski definition) is 5. The van der Waals surface area contributed by atoms with Gasteiger partial charge < -0.3 is 25.5 Å². The largest absolute Gasteiger partial charge is 0.481 e. The lowest BCUT2D eigenvalue weighted by molar-refractivity contribution is -0.135. The molecule has 0 unspecified atom stereocenters. The summed E-state index contributed by atoms with van der Waals surface area (Å²) in [6, 6.07) is 0. The maximum atomic E-state index is 9.00. The van der Waals surface area contributed by atoms with E-state index in [0.29, 0.717) is 0 Å². The molecule has 0 amide bonds. The lowest BCUT2D eigenvalue weighted by Crippen LogP contribution is -1.85. The van der Waals surface area contributed by atoms with Crippen molar-refractivity contribution < 1.29 is 39.9 Å². The number of unbranched alkanes of at least 4 members (excludes halogenated alkanes) is 2. The van der Waals surface area contributed by atoms with E-state index in [1.165, 1.54) is 0 Å². The highest BCUT2D eigenvalue weighted by atomic mass is 16.4. The third-order valence-electron chi connectivity index (χ3n) is 0.816. The average molecular weight is 284 g/mol. The van der Waals surface area contributed by atoms with E-state index in [0.717, 1.165) is 40.0 Å². The number of carbonyl (C=O) groups is 3. The standard InChI is InChI=1S/C5H12O2.3C2H4O2/c6-4-2-1-3-5-7;3*1-2(3)4/h6-7H,1-5H2;3*1H3,(H,3,4). The molecule has 8 nitrogen and oxygen atoms in total. The highest BCUT2D eigenvalue weighted by molar-refractivity contribution is 5.63. The molecule has 0 spiro atoms. The second kappa shape index (κ2) is 25.2. The molecule has 0 rings (SSSR count). The number of hydrogen-bond acceptors (Lipinski definition) is 5. The monoisotopic (exact) mass is 284 g/mol. The van der Waals surface area contributed by atoms with Gasteiger partial charge in [-0.25, -0.2) is 0 Å². The van der Waals surface area contributed by atoms with Gasteiger partial charge in [0.15, 0.2) is 0 Å². The van der Waals surface area contributed by atoms with Crippen molar-refractivity contribution in [3.63, 3.8) is 0 Å². The van der Waals surface area contributed by atoms with Gasteiger partial charge in [-0.3, -0.25) is 14.4 Å². The number of carboxylic acid groups (broad SMARTS) is 3. The zero-order chi connectivity index (χ0) is 16.3. The van der Waals surface area contributed by atoms with Crippen LogP contribution in [-0.2, 0) is 14.4 Å². The maximum Gasteiger partial charge on any atom is 0.300 e. The molecule has 0 saturated carbocycles. The molecule has 0 heterocycles. The summed E-state index contributed by atoms with van der Waals surface area (Å²) >= 11 is 0. The van der Waals surface area contributed by atoms with Crippen LogP contribution >= 0.6 is 0 Å². The summed E-state index contributed by atoms with van der Waals surface area (Å²) in [4.78, 5) is 27.0. The van der Waals surface area contributed by atoms with E-state index in [1.807, 2.05) is 0 Å². The van der Waals surface area contributed by atoms with Crippen molar-refractivity contribution in [1.29, 1.82) is 0 Å². The zero-order valence-corrected chi connectivity index (χ0v) is 11.5. The lowest BCUT2D eigenvalue weighted by Gasteiger charge is -1.90. The van der Waals surface area contributed by atoms with E-state index in [-0.39, 0.29) is 13.2 Å². The van der Waals surface area contributed by atoms with Gasteiger partial charge in [-0.15, -0.1) is 0 Å². The molecule has 116 valence electrons. The molecule has 0 aliphatic rings. The zero-order valence-electron chi connectivity index (χ0n) is 11.5. The maximum absolute atomic E-state index is 9.00. The Balaban J connectivity index is -0.0000000825. The van der Waals surface area contributed by atoms with E-state index in [4.69, 9.17) is 39.9 Å². The predicted molar refractivity (Wildman–Crippen MR) is 68.0 cm³/mol. The number of rotatable bonds is 4. The topological polar surface area (TPSA) is 152 Å². The predicted octanol–water partition coefficient (Wildman–Crippen LogP) is 0.414. The SMILES string of the molecule is CC(=O)O.CC(=O)O.CC(=O)O.OCCCCCO. The Morgan fingerprint density at radius 3 is 0.895 bits per heavy atom. The molecule has 0 aliphatic heterocycles. The smallest absolute Gasteiger partial charge is 0.300 e. The van der Waals surface area contributed by atoms with Gasteiger partial charge in [0.25, 0.3) is 17.9 Å². The van der Waals surface area contributed by atoms with Gasteiger partial charge in [0.2, 0.25) is 0 Å². The first kappa shape index (κ1) is 26.0. The second-order valence-corrected chi connectivity index (χ2v) is 3.06. The summed E-state index contributed by atoms with van der Waals surface area (Å²) in [5.74, 6) is -2.50. The second-order valence-electron chi connectivity index (χ2n) is 3.06. The molecule has 0 aromatic heterocycles. The van der Waals surface area contributed by atoms with Crippen molar-refractivity contribution >= 4 is 17.9 Å². The molecule has 0 atom stereocenters. The van der Waals surface area contributed by atoms with Crippen LogP contribution in [0.4, 0.5) is 0 Å². The fourth-order valence-corrected chi connectivity index (χ4v) is 0.400. The first-order valence-electron chi connectivity index (χ1n) is 5.42. The summed E-state index contributed by atoms with van der Waals surface area (Å²) in [6.45, 7) is 3.75. The van der Waals surface area contributed by atoms with Gasteiger partial charge in [0, 0.05) is 34.0 Å². The normalized spacial score (nSPS) is 7.42. The first-order valence-corrected chi connectivity index (χ1v) is 5.42. The third kappa shape index (κ3) is 618. The molecule has 0 bridgehead atoms. The fourth-order valence-electron chi connectivity index (χ4n) is 0.400. The van der Waals surface area contributed by atoms with Gasteiger partial charge in [0.1, 0.15) is 0 Å². The summed E-state index contributed by atoms with van der Waals surface area (Å²) in [5.41, 5.74) is 0. The van der Waals surface area contributed by atoms with Gasteiger partial charge >= 0.3 is 0 Å². The Labute approximate surface area is 112 Å². The van der Waals surface area contributed by atoms with Crippen LogP contribution in [0.15, 0.2) is 0 Å². The number of aliphatic hydroxyl groups excluding tert-OH is 2. The average Bonchev–Trinajstić information content (AvgIpc) is 2.15. The molecule has 0 aromatic carbocycles. The first-order chi connectivity index (χ1) is 8.61. The minimum absolute atomic E-state index is 0.250. The van der Waals surface area contributed by atoms with E-state index < -0.39 is 17.9 Å². The number of aliphatic carboxylic acids is 3. The van der Waals surface area contributed by atoms with Crippen LogP contribution < -0.4 is 0 Å². The summed E-state index contributed by atoms with van der Waals surface area (Å²) in [5, 5.41) is 38.7. The summed E-state index contributed by atoms with van der Waals surface area (Å²) in [7, 11) is 0. The molecule has 19 heavy (non-hydrogen) atoms. The molecule has 0 aromatic rings. The third-order valence-corrected chi connectivity index (χ3v) is 0.816.